The van der Waals surface area contributed by atoms with Gasteiger partial charge in [0.2, 0.25) is 5.88 Å². The Labute approximate surface area is 221 Å². The number of carbonyl (C=O) groups is 1. The van der Waals surface area contributed by atoms with Crippen molar-refractivity contribution >= 4 is 5.91 Å². The maximum Gasteiger partial charge on any atom is 0.251 e. The van der Waals surface area contributed by atoms with Gasteiger partial charge in [0.15, 0.2) is 17.5 Å². The lowest BCUT2D eigenvalue weighted by atomic mass is 9.73. The van der Waals surface area contributed by atoms with Gasteiger partial charge in [-0.1, -0.05) is 26.8 Å². The lowest BCUT2D eigenvalue weighted by molar-refractivity contribution is -0.0420. The average molecular weight is 532 g/mol. The van der Waals surface area contributed by atoms with Crippen molar-refractivity contribution in [1.29, 1.82) is 0 Å². The van der Waals surface area contributed by atoms with Gasteiger partial charge in [0.05, 0.1) is 12.1 Å². The number of benzene rings is 1. The van der Waals surface area contributed by atoms with E-state index in [-0.39, 0.29) is 35.6 Å². The third-order valence-electron chi connectivity index (χ3n) is 7.22. The lowest BCUT2D eigenvalue weighted by Gasteiger charge is -2.47. The van der Waals surface area contributed by atoms with Crippen LogP contribution in [-0.2, 0) is 6.42 Å². The summed E-state index contributed by atoms with van der Waals surface area (Å²) in [6.45, 7) is 10.3. The smallest absolute Gasteiger partial charge is 0.251 e. The van der Waals surface area contributed by atoms with Crippen molar-refractivity contribution < 1.29 is 27.8 Å². The van der Waals surface area contributed by atoms with Crippen molar-refractivity contribution in [3.63, 3.8) is 0 Å². The molecule has 1 aromatic carbocycles. The number of amides is 1. The maximum atomic E-state index is 13.6. The molecule has 2 aromatic rings. The molecule has 3 N–H and O–H groups in total. The summed E-state index contributed by atoms with van der Waals surface area (Å²) in [6, 6.07) is 2.47. The highest BCUT2D eigenvalue weighted by Crippen LogP contribution is 2.48. The molecule has 1 spiro atoms. The maximum absolute atomic E-state index is 13.6. The highest BCUT2D eigenvalue weighted by molar-refractivity contribution is 5.94. The molecule has 1 saturated carbocycles. The third kappa shape index (κ3) is 6.38. The minimum Gasteiger partial charge on any atom is -0.471 e. The van der Waals surface area contributed by atoms with Crippen molar-refractivity contribution in [2.24, 2.45) is 5.41 Å². The predicted octanol–water partition coefficient (Wildman–Crippen LogP) is 5.16. The van der Waals surface area contributed by atoms with E-state index in [9.17, 15) is 23.1 Å². The number of nitrogens with one attached hydrogen (secondary N) is 2. The molecule has 2 heterocycles. The number of nitrogens with zero attached hydrogens (tertiary/aromatic N) is 1. The van der Waals surface area contributed by atoms with Crippen LogP contribution in [0.15, 0.2) is 37.1 Å². The van der Waals surface area contributed by atoms with Gasteiger partial charge < -0.3 is 20.5 Å². The number of fused-ring (bicyclic) bond motifs is 1. The van der Waals surface area contributed by atoms with Crippen molar-refractivity contribution in [2.45, 2.75) is 83.1 Å². The van der Waals surface area contributed by atoms with Crippen LogP contribution in [0.2, 0.25) is 0 Å². The molecule has 1 aliphatic carbocycles. The van der Waals surface area contributed by atoms with E-state index >= 15 is 0 Å². The van der Waals surface area contributed by atoms with Crippen LogP contribution in [-0.4, -0.2) is 40.3 Å². The largest absolute Gasteiger partial charge is 0.471 e. The summed E-state index contributed by atoms with van der Waals surface area (Å²) in [7, 11) is 0. The Morgan fingerprint density at radius 1 is 1.26 bits per heavy atom. The Balaban J connectivity index is 1.48. The van der Waals surface area contributed by atoms with E-state index in [2.05, 4.69) is 49.0 Å². The first kappa shape index (κ1) is 28.1. The molecular weight excluding hydrogens is 495 g/mol. The van der Waals surface area contributed by atoms with E-state index in [1.54, 1.807) is 0 Å². The molecule has 1 aromatic heterocycles. The van der Waals surface area contributed by atoms with Gasteiger partial charge in [-0.2, -0.15) is 0 Å². The van der Waals surface area contributed by atoms with Crippen LogP contribution in [0.25, 0.3) is 0 Å². The number of carbonyl (C=O) groups excluding carboxylic acids is 1. The molecule has 6 nitrogen and oxygen atoms in total. The molecule has 1 amide bonds. The summed E-state index contributed by atoms with van der Waals surface area (Å²) in [6.07, 6.45) is 7.14. The number of halogens is 3. The van der Waals surface area contributed by atoms with Gasteiger partial charge in [-0.15, -0.1) is 6.58 Å². The van der Waals surface area contributed by atoms with Gasteiger partial charge in [-0.25, -0.2) is 18.2 Å². The zero-order valence-electron chi connectivity index (χ0n) is 22.1. The topological polar surface area (TPSA) is 83.5 Å². The van der Waals surface area contributed by atoms with Gasteiger partial charge in [-0.3, -0.25) is 4.79 Å². The molecule has 206 valence electrons. The second kappa shape index (κ2) is 11.1. The first-order valence-corrected chi connectivity index (χ1v) is 13.1. The fourth-order valence-electron chi connectivity index (χ4n) is 5.18. The summed E-state index contributed by atoms with van der Waals surface area (Å²) in [4.78, 5) is 17.3. The number of pyridine rings is 1. The molecule has 3 atom stereocenters. The molecule has 1 fully saturated rings. The first-order valence-electron chi connectivity index (χ1n) is 13.1. The summed E-state index contributed by atoms with van der Waals surface area (Å²) < 4.78 is 46.9. The van der Waals surface area contributed by atoms with E-state index < -0.39 is 35.5 Å². The van der Waals surface area contributed by atoms with Gasteiger partial charge in [0, 0.05) is 36.3 Å². The number of ether oxygens (including phenoxy) is 1. The molecule has 4 rings (SSSR count). The number of aliphatic hydroxyl groups is 1. The van der Waals surface area contributed by atoms with Crippen LogP contribution in [0.3, 0.4) is 0 Å². The lowest BCUT2D eigenvalue weighted by Crippen LogP contribution is -2.52. The Bertz CT molecular complexity index is 1170. The fraction of sp³-hybridized carbons (Fsp3) is 0.517. The summed E-state index contributed by atoms with van der Waals surface area (Å²) in [5, 5.41) is 17.0. The van der Waals surface area contributed by atoms with E-state index in [1.807, 2.05) is 6.20 Å². The zero-order chi connectivity index (χ0) is 27.7. The molecule has 9 heteroatoms. The minimum atomic E-state index is -1.64. The molecule has 0 radical (unpaired) electrons. The average Bonchev–Trinajstić information content (AvgIpc) is 2.83. The Kier molecular flexibility index (Phi) is 8.18. The highest BCUT2D eigenvalue weighted by Gasteiger charge is 2.46. The van der Waals surface area contributed by atoms with Gasteiger partial charge in [0.1, 0.15) is 5.60 Å². The van der Waals surface area contributed by atoms with Gasteiger partial charge >= 0.3 is 0 Å². The quantitative estimate of drug-likeness (QED) is 0.308. The number of hydrogen-bond donors (Lipinski definition) is 3. The van der Waals surface area contributed by atoms with E-state index in [0.717, 1.165) is 43.2 Å². The first-order chi connectivity index (χ1) is 17.9. The van der Waals surface area contributed by atoms with Crippen LogP contribution >= 0.6 is 0 Å². The van der Waals surface area contributed by atoms with Crippen LogP contribution < -0.4 is 15.4 Å². The van der Waals surface area contributed by atoms with Crippen LogP contribution in [0.1, 0.15) is 80.4 Å². The molecule has 0 bridgehead atoms. The van der Waals surface area contributed by atoms with E-state index in [1.165, 1.54) is 6.08 Å². The van der Waals surface area contributed by atoms with Crippen molar-refractivity contribution in [3.05, 3.63) is 71.2 Å². The molecule has 38 heavy (non-hydrogen) atoms. The zero-order valence-corrected chi connectivity index (χ0v) is 22.1. The summed E-state index contributed by atoms with van der Waals surface area (Å²) in [5.41, 5.74) is 1.50. The highest BCUT2D eigenvalue weighted by atomic mass is 19.2. The van der Waals surface area contributed by atoms with Crippen molar-refractivity contribution in [2.75, 3.05) is 6.54 Å². The Morgan fingerprint density at radius 3 is 2.53 bits per heavy atom. The standard InChI is InChI=1S/C29H36F3N3O3/c1-5-7-22(35-26(37)18-11-20(30)25(32)21(31)12-18)24(36)16-33-23-14-29(8-6-9-29)38-27-19(23)10-17(15-34-27)13-28(2,3)4/h5,10-12,15,22-24,33,36H,1,6-9,13-14,16H2,2-4H3,(H,35,37)/t22-,23-,24+/m0/s1. The van der Waals surface area contributed by atoms with Crippen molar-refractivity contribution in [3.8, 4) is 5.88 Å². The molecular formula is C29H36F3N3O3. The predicted molar refractivity (Wildman–Crippen MR) is 138 cm³/mol. The molecule has 0 unspecified atom stereocenters. The number of hydrogen-bond acceptors (Lipinski definition) is 5. The monoisotopic (exact) mass is 531 g/mol. The summed E-state index contributed by atoms with van der Waals surface area (Å²) >= 11 is 0. The second-order valence-corrected chi connectivity index (χ2v) is 11.7. The number of rotatable bonds is 9. The minimum absolute atomic E-state index is 0.0895. The molecule has 0 saturated heterocycles. The molecule has 2 aliphatic rings. The van der Waals surface area contributed by atoms with Gasteiger partial charge in [0.25, 0.3) is 5.91 Å². The summed E-state index contributed by atoms with van der Waals surface area (Å²) in [5.74, 6) is -4.78. The fourth-order valence-corrected chi connectivity index (χ4v) is 5.18. The van der Waals surface area contributed by atoms with Crippen LogP contribution in [0.5, 0.6) is 5.88 Å². The molecule has 1 aliphatic heterocycles. The van der Waals surface area contributed by atoms with Crippen molar-refractivity contribution in [1.82, 2.24) is 15.6 Å². The normalized spacial score (nSPS) is 19.6. The SMILES string of the molecule is C=CC[C@H](NC(=O)c1cc(F)c(F)c(F)c1)[C@H](O)CN[C@H]1CC2(CCC2)Oc2ncc(CC(C)(C)C)cc21. The Morgan fingerprint density at radius 2 is 1.95 bits per heavy atom. The van der Waals surface area contributed by atoms with Gasteiger partial charge in [-0.05, 0) is 61.3 Å². The van der Waals surface area contributed by atoms with E-state index in [0.29, 0.717) is 18.0 Å². The third-order valence-corrected chi connectivity index (χ3v) is 7.22. The van der Waals surface area contributed by atoms with Crippen LogP contribution in [0.4, 0.5) is 13.2 Å². The number of aliphatic hydroxyl groups excluding tert-OH is 1. The second-order valence-electron chi connectivity index (χ2n) is 11.7. The van der Waals surface area contributed by atoms with Crippen LogP contribution in [0, 0.1) is 22.9 Å². The Hall–Kier alpha value is -2.91. The number of aromatic nitrogens is 1. The van der Waals surface area contributed by atoms with E-state index in [4.69, 9.17) is 4.74 Å².